The van der Waals surface area contributed by atoms with Crippen LogP contribution in [-0.4, -0.2) is 21.6 Å². The number of thiophene rings is 1. The van der Waals surface area contributed by atoms with Crippen molar-refractivity contribution in [3.05, 3.63) is 64.5 Å². The third-order valence-electron chi connectivity index (χ3n) is 4.00. The molecule has 0 N–H and O–H groups in total. The lowest BCUT2D eigenvalue weighted by molar-refractivity contribution is -0.130. The molecule has 4 rings (SSSR count). The molecule has 0 spiro atoms. The summed E-state index contributed by atoms with van der Waals surface area (Å²) >= 11 is 1.64. The number of amides is 1. The van der Waals surface area contributed by atoms with Gasteiger partial charge in [0.2, 0.25) is 5.91 Å². The number of pyridine rings is 1. The van der Waals surface area contributed by atoms with Crippen molar-refractivity contribution in [3.63, 3.8) is 0 Å². The summed E-state index contributed by atoms with van der Waals surface area (Å²) in [5.74, 6) is -0.0588. The number of carbonyl (C=O) groups is 1. The summed E-state index contributed by atoms with van der Waals surface area (Å²) in [5, 5.41) is 9.23. The van der Waals surface area contributed by atoms with Gasteiger partial charge in [0.1, 0.15) is 6.04 Å². The lowest BCUT2D eigenvalue weighted by Gasteiger charge is -2.19. The summed E-state index contributed by atoms with van der Waals surface area (Å²) in [6.07, 6.45) is 0.700. The van der Waals surface area contributed by atoms with Crippen molar-refractivity contribution in [3.8, 4) is 0 Å². The summed E-state index contributed by atoms with van der Waals surface area (Å²) in [7, 11) is 0. The van der Waals surface area contributed by atoms with E-state index in [1.807, 2.05) is 47.8 Å². The molecule has 1 aromatic carbocycles. The fourth-order valence-corrected chi connectivity index (χ4v) is 3.61. The van der Waals surface area contributed by atoms with E-state index in [0.29, 0.717) is 6.42 Å². The average molecular weight is 321 g/mol. The topological polar surface area (TPSA) is 45.6 Å². The highest BCUT2D eigenvalue weighted by molar-refractivity contribution is 7.12. The van der Waals surface area contributed by atoms with E-state index in [-0.39, 0.29) is 11.9 Å². The van der Waals surface area contributed by atoms with Gasteiger partial charge in [-0.1, -0.05) is 30.3 Å². The Morgan fingerprint density at radius 3 is 2.83 bits per heavy atom. The first-order valence-electron chi connectivity index (χ1n) is 7.49. The van der Waals surface area contributed by atoms with Gasteiger partial charge in [0.05, 0.1) is 21.8 Å². The molecule has 0 saturated heterocycles. The van der Waals surface area contributed by atoms with E-state index in [2.05, 4.69) is 11.2 Å². The van der Waals surface area contributed by atoms with Gasteiger partial charge in [-0.15, -0.1) is 11.3 Å². The van der Waals surface area contributed by atoms with Crippen LogP contribution in [0.4, 0.5) is 0 Å². The van der Waals surface area contributed by atoms with Gasteiger partial charge in [-0.05, 0) is 23.6 Å². The molecule has 2 aromatic heterocycles. The number of rotatable bonds is 2. The molecule has 1 aliphatic heterocycles. The molecule has 0 unspecified atom stereocenters. The van der Waals surface area contributed by atoms with Gasteiger partial charge < -0.3 is 0 Å². The standard InChI is InChI=1S/C18H15N3OS/c1-12(22)21-17(11-16(20-21)18-7-4-10-23-18)15-9-8-13-5-2-3-6-14(13)19-15/h2-10,17H,11H2,1H3/t17-/m1/s1. The third kappa shape index (κ3) is 2.53. The van der Waals surface area contributed by atoms with Crippen molar-refractivity contribution in [2.24, 2.45) is 5.10 Å². The quantitative estimate of drug-likeness (QED) is 0.716. The molecule has 3 heterocycles. The van der Waals surface area contributed by atoms with Gasteiger partial charge in [-0.25, -0.2) is 5.01 Å². The van der Waals surface area contributed by atoms with Crippen molar-refractivity contribution >= 4 is 33.9 Å². The molecule has 23 heavy (non-hydrogen) atoms. The second-order valence-corrected chi connectivity index (χ2v) is 6.48. The molecule has 0 radical (unpaired) electrons. The minimum atomic E-state index is -0.130. The van der Waals surface area contributed by atoms with Crippen LogP contribution < -0.4 is 0 Å². The maximum atomic E-state index is 12.0. The van der Waals surface area contributed by atoms with Crippen LogP contribution in [0.1, 0.15) is 30.0 Å². The van der Waals surface area contributed by atoms with E-state index in [1.54, 1.807) is 23.3 Å². The molecule has 1 atom stereocenters. The molecule has 1 amide bonds. The summed E-state index contributed by atoms with van der Waals surface area (Å²) in [5.41, 5.74) is 2.78. The Balaban J connectivity index is 1.73. The first kappa shape index (κ1) is 14.1. The van der Waals surface area contributed by atoms with Crippen molar-refractivity contribution in [1.82, 2.24) is 9.99 Å². The maximum Gasteiger partial charge on any atom is 0.240 e. The normalized spacial score (nSPS) is 17.5. The largest absolute Gasteiger partial charge is 0.273 e. The molecule has 1 aliphatic rings. The Labute approximate surface area is 138 Å². The van der Waals surface area contributed by atoms with Crippen LogP contribution in [-0.2, 0) is 4.79 Å². The lowest BCUT2D eigenvalue weighted by atomic mass is 10.0. The van der Waals surface area contributed by atoms with Crippen LogP contribution in [0.25, 0.3) is 10.9 Å². The molecule has 114 valence electrons. The second-order valence-electron chi connectivity index (χ2n) is 5.54. The number of para-hydroxylation sites is 1. The smallest absolute Gasteiger partial charge is 0.240 e. The number of hydrazone groups is 1. The highest BCUT2D eigenvalue weighted by Crippen LogP contribution is 2.33. The molecule has 0 fully saturated rings. The Morgan fingerprint density at radius 1 is 1.17 bits per heavy atom. The zero-order valence-electron chi connectivity index (χ0n) is 12.6. The van der Waals surface area contributed by atoms with E-state index in [1.165, 1.54) is 0 Å². The highest BCUT2D eigenvalue weighted by Gasteiger charge is 2.32. The van der Waals surface area contributed by atoms with Crippen LogP contribution in [0.2, 0.25) is 0 Å². The number of fused-ring (bicyclic) bond motifs is 1. The minimum absolute atomic E-state index is 0.0588. The first-order valence-corrected chi connectivity index (χ1v) is 8.37. The summed E-state index contributed by atoms with van der Waals surface area (Å²) in [6.45, 7) is 1.55. The van der Waals surface area contributed by atoms with Crippen molar-refractivity contribution in [2.45, 2.75) is 19.4 Å². The first-order chi connectivity index (χ1) is 11.2. The third-order valence-corrected chi connectivity index (χ3v) is 4.92. The molecular weight excluding hydrogens is 306 g/mol. The fraction of sp³-hybridized carbons (Fsp3) is 0.167. The molecule has 3 aromatic rings. The van der Waals surface area contributed by atoms with E-state index in [4.69, 9.17) is 4.98 Å². The predicted octanol–water partition coefficient (Wildman–Crippen LogP) is 3.99. The average Bonchev–Trinajstić information content (AvgIpc) is 3.23. The fourth-order valence-electron chi connectivity index (χ4n) is 2.89. The van der Waals surface area contributed by atoms with Crippen molar-refractivity contribution in [1.29, 1.82) is 0 Å². The highest BCUT2D eigenvalue weighted by atomic mass is 32.1. The molecule has 5 heteroatoms. The van der Waals surface area contributed by atoms with E-state index >= 15 is 0 Å². The molecular formula is C18H15N3OS. The number of hydrogen-bond acceptors (Lipinski definition) is 4. The van der Waals surface area contributed by atoms with Crippen LogP contribution in [0, 0.1) is 0 Å². The van der Waals surface area contributed by atoms with Gasteiger partial charge in [0, 0.05) is 18.7 Å². The number of hydrogen-bond donors (Lipinski definition) is 0. The Kier molecular flexibility index (Phi) is 3.42. The Morgan fingerprint density at radius 2 is 2.04 bits per heavy atom. The summed E-state index contributed by atoms with van der Waals surface area (Å²) in [6, 6.07) is 16.0. The van der Waals surface area contributed by atoms with Crippen molar-refractivity contribution < 1.29 is 4.79 Å². The van der Waals surface area contributed by atoms with Crippen LogP contribution in [0.5, 0.6) is 0 Å². The molecule has 4 nitrogen and oxygen atoms in total. The minimum Gasteiger partial charge on any atom is -0.273 e. The van der Waals surface area contributed by atoms with Crippen LogP contribution in [0.3, 0.4) is 0 Å². The number of aromatic nitrogens is 1. The lowest BCUT2D eigenvalue weighted by Crippen LogP contribution is -2.25. The van der Waals surface area contributed by atoms with Crippen LogP contribution >= 0.6 is 11.3 Å². The van der Waals surface area contributed by atoms with E-state index in [0.717, 1.165) is 27.2 Å². The van der Waals surface area contributed by atoms with Gasteiger partial charge in [0.25, 0.3) is 0 Å². The van der Waals surface area contributed by atoms with Crippen LogP contribution in [0.15, 0.2) is 59.0 Å². The SMILES string of the molecule is CC(=O)N1N=C(c2cccs2)C[C@@H]1c1ccc2ccccc2n1. The second kappa shape index (κ2) is 5.59. The zero-order valence-corrected chi connectivity index (χ0v) is 13.5. The zero-order chi connectivity index (χ0) is 15.8. The van der Waals surface area contributed by atoms with E-state index < -0.39 is 0 Å². The number of carbonyl (C=O) groups excluding carboxylic acids is 1. The number of nitrogens with zero attached hydrogens (tertiary/aromatic N) is 3. The van der Waals surface area contributed by atoms with E-state index in [9.17, 15) is 4.79 Å². The molecule has 0 bridgehead atoms. The number of benzene rings is 1. The van der Waals surface area contributed by atoms with Crippen molar-refractivity contribution in [2.75, 3.05) is 0 Å². The van der Waals surface area contributed by atoms with Gasteiger partial charge in [-0.2, -0.15) is 5.10 Å². The Bertz CT molecular complexity index is 902. The van der Waals surface area contributed by atoms with Gasteiger partial charge in [0.15, 0.2) is 0 Å². The van der Waals surface area contributed by atoms with Gasteiger partial charge in [-0.3, -0.25) is 9.78 Å². The summed E-state index contributed by atoms with van der Waals surface area (Å²) < 4.78 is 0. The molecule has 0 aliphatic carbocycles. The molecule has 0 saturated carbocycles. The monoisotopic (exact) mass is 321 g/mol. The Hall–Kier alpha value is -2.53. The maximum absolute atomic E-state index is 12.0. The predicted molar refractivity (Wildman–Crippen MR) is 92.5 cm³/mol. The van der Waals surface area contributed by atoms with Gasteiger partial charge >= 0.3 is 0 Å². The summed E-state index contributed by atoms with van der Waals surface area (Å²) in [4.78, 5) is 17.9.